The van der Waals surface area contributed by atoms with Gasteiger partial charge in [-0.05, 0) is 53.4 Å². The van der Waals surface area contributed by atoms with Crippen molar-refractivity contribution in [2.75, 3.05) is 7.11 Å². The SMILES string of the molecule is COC(=O)C(CB1OC(C)(C)C(C)(C)O1)=C1CCCCC1. The van der Waals surface area contributed by atoms with Crippen molar-refractivity contribution < 1.29 is 18.8 Å². The monoisotopic (exact) mass is 294 g/mol. The molecule has 2 aliphatic rings. The van der Waals surface area contributed by atoms with Crippen LogP contribution in [-0.4, -0.2) is 31.4 Å². The Morgan fingerprint density at radius 1 is 1.10 bits per heavy atom. The van der Waals surface area contributed by atoms with E-state index in [1.807, 2.05) is 27.7 Å². The minimum atomic E-state index is -0.376. The third-order valence-electron chi connectivity index (χ3n) is 4.99. The number of rotatable bonds is 3. The number of hydrogen-bond acceptors (Lipinski definition) is 4. The van der Waals surface area contributed by atoms with E-state index < -0.39 is 0 Å². The molecule has 1 aliphatic carbocycles. The number of hydrogen-bond donors (Lipinski definition) is 0. The zero-order valence-electron chi connectivity index (χ0n) is 14.0. The van der Waals surface area contributed by atoms with Crippen LogP contribution in [0.1, 0.15) is 59.8 Å². The molecule has 0 aromatic carbocycles. The third kappa shape index (κ3) is 3.51. The van der Waals surface area contributed by atoms with Crippen molar-refractivity contribution in [1.29, 1.82) is 0 Å². The van der Waals surface area contributed by atoms with Crippen LogP contribution in [0.5, 0.6) is 0 Å². The van der Waals surface area contributed by atoms with E-state index in [1.54, 1.807) is 0 Å². The van der Waals surface area contributed by atoms with Gasteiger partial charge in [-0.25, -0.2) is 4.79 Å². The summed E-state index contributed by atoms with van der Waals surface area (Å²) in [6.07, 6.45) is 6.01. The summed E-state index contributed by atoms with van der Waals surface area (Å²) in [5.74, 6) is -0.235. The van der Waals surface area contributed by atoms with E-state index in [-0.39, 0.29) is 24.3 Å². The summed E-state index contributed by atoms with van der Waals surface area (Å²) < 4.78 is 17.0. The van der Waals surface area contributed by atoms with Gasteiger partial charge >= 0.3 is 13.1 Å². The summed E-state index contributed by atoms with van der Waals surface area (Å²) in [4.78, 5) is 12.1. The summed E-state index contributed by atoms with van der Waals surface area (Å²) in [5.41, 5.74) is 1.25. The first kappa shape index (κ1) is 16.6. The topological polar surface area (TPSA) is 44.8 Å². The van der Waals surface area contributed by atoms with Crippen LogP contribution in [0.4, 0.5) is 0 Å². The van der Waals surface area contributed by atoms with Crippen LogP contribution in [0.25, 0.3) is 0 Å². The highest BCUT2D eigenvalue weighted by molar-refractivity contribution is 6.47. The number of allylic oxidation sites excluding steroid dienone is 1. The maximum atomic E-state index is 12.1. The molecule has 0 amide bonds. The highest BCUT2D eigenvalue weighted by Crippen LogP contribution is 2.39. The Bertz CT molecular complexity index is 416. The fraction of sp³-hybridized carbons (Fsp3) is 0.812. The quantitative estimate of drug-likeness (QED) is 0.454. The molecule has 4 nitrogen and oxygen atoms in total. The molecule has 1 aliphatic heterocycles. The minimum Gasteiger partial charge on any atom is -0.466 e. The lowest BCUT2D eigenvalue weighted by atomic mass is 9.76. The summed E-state index contributed by atoms with van der Waals surface area (Å²) >= 11 is 0. The lowest BCUT2D eigenvalue weighted by molar-refractivity contribution is -0.136. The lowest BCUT2D eigenvalue weighted by Crippen LogP contribution is -2.41. The van der Waals surface area contributed by atoms with E-state index in [0.29, 0.717) is 6.32 Å². The molecule has 0 bridgehead atoms. The van der Waals surface area contributed by atoms with Gasteiger partial charge in [-0.2, -0.15) is 0 Å². The molecule has 2 rings (SSSR count). The molecule has 0 spiro atoms. The molecule has 21 heavy (non-hydrogen) atoms. The lowest BCUT2D eigenvalue weighted by Gasteiger charge is -2.32. The van der Waals surface area contributed by atoms with E-state index in [9.17, 15) is 4.79 Å². The predicted octanol–water partition coefficient (Wildman–Crippen LogP) is 3.51. The van der Waals surface area contributed by atoms with Gasteiger partial charge in [0.25, 0.3) is 0 Å². The molecule has 118 valence electrons. The zero-order chi connectivity index (χ0) is 15.7. The molecule has 5 heteroatoms. The number of methoxy groups -OCH3 is 1. The van der Waals surface area contributed by atoms with Crippen molar-refractivity contribution in [2.24, 2.45) is 0 Å². The van der Waals surface area contributed by atoms with Gasteiger partial charge in [-0.1, -0.05) is 12.0 Å². The molecule has 1 heterocycles. The Morgan fingerprint density at radius 3 is 2.10 bits per heavy atom. The Labute approximate surface area is 128 Å². The van der Waals surface area contributed by atoms with E-state index in [2.05, 4.69) is 0 Å². The van der Waals surface area contributed by atoms with Crippen LogP contribution >= 0.6 is 0 Å². The molecule has 1 saturated heterocycles. The summed E-state index contributed by atoms with van der Waals surface area (Å²) in [7, 11) is 1.06. The van der Waals surface area contributed by atoms with E-state index >= 15 is 0 Å². The number of ether oxygens (including phenoxy) is 1. The van der Waals surface area contributed by atoms with Crippen LogP contribution < -0.4 is 0 Å². The Kier molecular flexibility index (Phi) is 4.84. The molecule has 1 saturated carbocycles. The van der Waals surface area contributed by atoms with Crippen LogP contribution in [-0.2, 0) is 18.8 Å². The summed E-state index contributed by atoms with van der Waals surface area (Å²) in [6.45, 7) is 8.11. The van der Waals surface area contributed by atoms with Crippen molar-refractivity contribution in [3.8, 4) is 0 Å². The number of carbonyl (C=O) groups excluding carboxylic acids is 1. The van der Waals surface area contributed by atoms with Gasteiger partial charge in [0, 0.05) is 11.9 Å². The Balaban J connectivity index is 2.16. The smallest absolute Gasteiger partial charge is 0.462 e. The number of carbonyl (C=O) groups is 1. The minimum absolute atomic E-state index is 0.235. The first-order valence-corrected chi connectivity index (χ1v) is 7.92. The average Bonchev–Trinajstić information content (AvgIpc) is 2.64. The highest BCUT2D eigenvalue weighted by atomic mass is 16.7. The molecule has 0 N–H and O–H groups in total. The Morgan fingerprint density at radius 2 is 1.62 bits per heavy atom. The van der Waals surface area contributed by atoms with Crippen molar-refractivity contribution >= 4 is 13.1 Å². The zero-order valence-corrected chi connectivity index (χ0v) is 14.0. The fourth-order valence-electron chi connectivity index (χ4n) is 2.99. The van der Waals surface area contributed by atoms with Gasteiger partial charge in [-0.3, -0.25) is 0 Å². The fourth-order valence-corrected chi connectivity index (χ4v) is 2.99. The highest BCUT2D eigenvalue weighted by Gasteiger charge is 2.51. The van der Waals surface area contributed by atoms with E-state index in [1.165, 1.54) is 19.1 Å². The van der Waals surface area contributed by atoms with Gasteiger partial charge in [0.15, 0.2) is 0 Å². The second-order valence-corrected chi connectivity index (χ2v) is 7.02. The van der Waals surface area contributed by atoms with Crippen LogP contribution in [0.3, 0.4) is 0 Å². The standard InChI is InChI=1S/C16H27BO4/c1-15(2)16(3,4)21-17(20-15)11-13(14(18)19-5)12-9-7-6-8-10-12/h6-11H2,1-5H3. The molecule has 0 unspecified atom stereocenters. The van der Waals surface area contributed by atoms with Crippen LogP contribution in [0, 0.1) is 0 Å². The van der Waals surface area contributed by atoms with Crippen molar-refractivity contribution in [2.45, 2.75) is 77.3 Å². The summed E-state index contributed by atoms with van der Waals surface area (Å²) in [5, 5.41) is 0. The van der Waals surface area contributed by atoms with Gasteiger partial charge in [0.1, 0.15) is 0 Å². The molecule has 0 atom stereocenters. The molecule has 0 radical (unpaired) electrons. The van der Waals surface area contributed by atoms with Crippen LogP contribution in [0.15, 0.2) is 11.1 Å². The third-order valence-corrected chi connectivity index (χ3v) is 4.99. The van der Waals surface area contributed by atoms with Crippen molar-refractivity contribution in [3.05, 3.63) is 11.1 Å². The maximum absolute atomic E-state index is 12.1. The molecular formula is C16H27BO4. The second kappa shape index (κ2) is 6.13. The largest absolute Gasteiger partial charge is 0.466 e. The summed E-state index contributed by atoms with van der Waals surface area (Å²) in [6, 6.07) is 0. The van der Waals surface area contributed by atoms with E-state index in [4.69, 9.17) is 14.0 Å². The van der Waals surface area contributed by atoms with Gasteiger partial charge in [0.2, 0.25) is 0 Å². The molecule has 0 aromatic heterocycles. The average molecular weight is 294 g/mol. The van der Waals surface area contributed by atoms with Gasteiger partial charge < -0.3 is 14.0 Å². The first-order valence-electron chi connectivity index (χ1n) is 7.92. The predicted molar refractivity (Wildman–Crippen MR) is 83.0 cm³/mol. The maximum Gasteiger partial charge on any atom is 0.462 e. The van der Waals surface area contributed by atoms with Gasteiger partial charge in [-0.15, -0.1) is 0 Å². The second-order valence-electron chi connectivity index (χ2n) is 7.02. The molecule has 0 aromatic rings. The number of esters is 1. The molecular weight excluding hydrogens is 267 g/mol. The van der Waals surface area contributed by atoms with Crippen LogP contribution in [0.2, 0.25) is 6.32 Å². The molecule has 2 fully saturated rings. The van der Waals surface area contributed by atoms with E-state index in [0.717, 1.165) is 31.3 Å². The van der Waals surface area contributed by atoms with Gasteiger partial charge in [0.05, 0.1) is 18.3 Å². The Hall–Kier alpha value is -0.805. The normalized spacial score (nSPS) is 24.0. The van der Waals surface area contributed by atoms with Crippen molar-refractivity contribution in [1.82, 2.24) is 0 Å². The first-order chi connectivity index (χ1) is 9.77. The van der Waals surface area contributed by atoms with Crippen molar-refractivity contribution in [3.63, 3.8) is 0 Å².